The van der Waals surface area contributed by atoms with E-state index in [1.807, 2.05) is 30.3 Å². The topological polar surface area (TPSA) is 54.2 Å². The molecule has 1 saturated carbocycles. The Morgan fingerprint density at radius 2 is 1.75 bits per heavy atom. The highest BCUT2D eigenvalue weighted by molar-refractivity contribution is 5.34. The maximum atomic E-state index is 8.97. The van der Waals surface area contributed by atoms with Crippen molar-refractivity contribution in [2.75, 3.05) is 0 Å². The standard InChI is InChI=1S/C12H16N2O2/c15-16-12(9-5-2-6-10-12)14-13-11-7-3-1-4-8-11/h1,3-4,7-8,15H,2,5-6,9-10H2/b14-13+. The average Bonchev–Trinajstić information content (AvgIpc) is 2.39. The Morgan fingerprint density at radius 3 is 2.38 bits per heavy atom. The summed E-state index contributed by atoms with van der Waals surface area (Å²) < 4.78 is 0. The van der Waals surface area contributed by atoms with Crippen molar-refractivity contribution in [3.8, 4) is 0 Å². The lowest BCUT2D eigenvalue weighted by Gasteiger charge is -2.28. The Hall–Kier alpha value is -1.26. The van der Waals surface area contributed by atoms with Gasteiger partial charge in [-0.1, -0.05) is 24.6 Å². The van der Waals surface area contributed by atoms with E-state index in [2.05, 4.69) is 15.1 Å². The van der Waals surface area contributed by atoms with Crippen LogP contribution in [0.4, 0.5) is 5.69 Å². The predicted molar refractivity (Wildman–Crippen MR) is 60.5 cm³/mol. The van der Waals surface area contributed by atoms with Gasteiger partial charge in [0, 0.05) is 12.8 Å². The molecule has 0 unspecified atom stereocenters. The van der Waals surface area contributed by atoms with Gasteiger partial charge in [-0.15, -0.1) is 5.11 Å². The van der Waals surface area contributed by atoms with E-state index in [0.717, 1.165) is 31.4 Å². The number of rotatable bonds is 3. The molecule has 1 fully saturated rings. The predicted octanol–water partition coefficient (Wildman–Crippen LogP) is 3.92. The molecule has 0 amide bonds. The molecular weight excluding hydrogens is 204 g/mol. The second-order valence-corrected chi connectivity index (χ2v) is 4.13. The first kappa shape index (κ1) is 11.2. The Bertz CT molecular complexity index is 345. The van der Waals surface area contributed by atoms with Gasteiger partial charge in [0.05, 0.1) is 5.69 Å². The summed E-state index contributed by atoms with van der Waals surface area (Å²) in [7, 11) is 0. The summed E-state index contributed by atoms with van der Waals surface area (Å²) in [5.74, 6) is 0. The van der Waals surface area contributed by atoms with Crippen LogP contribution in [0.1, 0.15) is 32.1 Å². The van der Waals surface area contributed by atoms with Crippen LogP contribution in [0.2, 0.25) is 0 Å². The van der Waals surface area contributed by atoms with Crippen LogP contribution < -0.4 is 0 Å². The van der Waals surface area contributed by atoms with Gasteiger partial charge < -0.3 is 0 Å². The molecule has 0 saturated heterocycles. The molecule has 0 spiro atoms. The lowest BCUT2D eigenvalue weighted by molar-refractivity contribution is -0.329. The lowest BCUT2D eigenvalue weighted by atomic mass is 9.92. The molecule has 0 atom stereocenters. The fourth-order valence-electron chi connectivity index (χ4n) is 1.96. The fraction of sp³-hybridized carbons (Fsp3) is 0.500. The second-order valence-electron chi connectivity index (χ2n) is 4.13. The smallest absolute Gasteiger partial charge is 0.212 e. The van der Waals surface area contributed by atoms with Crippen molar-refractivity contribution in [2.24, 2.45) is 10.2 Å². The third kappa shape index (κ3) is 2.65. The van der Waals surface area contributed by atoms with Gasteiger partial charge in [0.25, 0.3) is 0 Å². The number of benzene rings is 1. The van der Waals surface area contributed by atoms with Gasteiger partial charge in [-0.05, 0) is 25.0 Å². The monoisotopic (exact) mass is 220 g/mol. The number of hydrogen-bond donors (Lipinski definition) is 1. The van der Waals surface area contributed by atoms with Gasteiger partial charge in [0.1, 0.15) is 0 Å². The third-order valence-corrected chi connectivity index (χ3v) is 2.91. The van der Waals surface area contributed by atoms with E-state index >= 15 is 0 Å². The van der Waals surface area contributed by atoms with Gasteiger partial charge in [-0.3, -0.25) is 0 Å². The highest BCUT2D eigenvalue weighted by atomic mass is 17.1. The van der Waals surface area contributed by atoms with E-state index in [4.69, 9.17) is 5.26 Å². The Morgan fingerprint density at radius 1 is 1.06 bits per heavy atom. The highest BCUT2D eigenvalue weighted by Crippen LogP contribution is 2.33. The minimum Gasteiger partial charge on any atom is -0.249 e. The zero-order chi connectivity index (χ0) is 11.3. The van der Waals surface area contributed by atoms with Crippen molar-refractivity contribution >= 4 is 5.69 Å². The number of hydrogen-bond acceptors (Lipinski definition) is 4. The van der Waals surface area contributed by atoms with Gasteiger partial charge in [-0.2, -0.15) is 5.11 Å². The van der Waals surface area contributed by atoms with Gasteiger partial charge in [0.15, 0.2) is 0 Å². The van der Waals surface area contributed by atoms with E-state index in [-0.39, 0.29) is 0 Å². The fourth-order valence-corrected chi connectivity index (χ4v) is 1.96. The van der Waals surface area contributed by atoms with E-state index in [9.17, 15) is 0 Å². The van der Waals surface area contributed by atoms with Crippen molar-refractivity contribution in [1.82, 2.24) is 0 Å². The number of nitrogens with zero attached hydrogens (tertiary/aromatic N) is 2. The molecule has 0 bridgehead atoms. The lowest BCUT2D eigenvalue weighted by Crippen LogP contribution is -2.31. The van der Waals surface area contributed by atoms with Crippen LogP contribution in [0.15, 0.2) is 40.6 Å². The van der Waals surface area contributed by atoms with E-state index in [1.54, 1.807) is 0 Å². The SMILES string of the molecule is OOC1(/N=N/c2ccccc2)CCCCC1. The van der Waals surface area contributed by atoms with Crippen LogP contribution in [-0.4, -0.2) is 11.0 Å². The first-order chi connectivity index (χ1) is 7.85. The van der Waals surface area contributed by atoms with Crippen LogP contribution >= 0.6 is 0 Å². The maximum absolute atomic E-state index is 8.97. The molecule has 1 aromatic carbocycles. The van der Waals surface area contributed by atoms with Crippen LogP contribution in [0.3, 0.4) is 0 Å². The molecule has 16 heavy (non-hydrogen) atoms. The van der Waals surface area contributed by atoms with Crippen molar-refractivity contribution < 1.29 is 10.1 Å². The minimum absolute atomic E-state index is 0.736. The summed E-state index contributed by atoms with van der Waals surface area (Å²) in [6, 6.07) is 9.48. The van der Waals surface area contributed by atoms with Crippen molar-refractivity contribution in [3.05, 3.63) is 30.3 Å². The van der Waals surface area contributed by atoms with Crippen LogP contribution in [0.25, 0.3) is 0 Å². The average molecular weight is 220 g/mol. The quantitative estimate of drug-likeness (QED) is 0.477. The van der Waals surface area contributed by atoms with Crippen molar-refractivity contribution in [1.29, 1.82) is 0 Å². The first-order valence-corrected chi connectivity index (χ1v) is 5.65. The van der Waals surface area contributed by atoms with Gasteiger partial charge in [0.2, 0.25) is 5.72 Å². The van der Waals surface area contributed by atoms with Gasteiger partial charge >= 0.3 is 0 Å². The van der Waals surface area contributed by atoms with Gasteiger partial charge in [-0.25, -0.2) is 10.1 Å². The zero-order valence-electron chi connectivity index (χ0n) is 9.17. The van der Waals surface area contributed by atoms with Crippen molar-refractivity contribution in [2.45, 2.75) is 37.8 Å². The van der Waals surface area contributed by atoms with E-state index in [1.165, 1.54) is 6.42 Å². The molecule has 0 aliphatic heterocycles. The molecule has 4 heteroatoms. The summed E-state index contributed by atoms with van der Waals surface area (Å²) in [5, 5.41) is 17.2. The maximum Gasteiger partial charge on any atom is 0.212 e. The summed E-state index contributed by atoms with van der Waals surface area (Å²) in [4.78, 5) is 4.54. The zero-order valence-corrected chi connectivity index (χ0v) is 9.17. The summed E-state index contributed by atoms with van der Waals surface area (Å²) >= 11 is 0. The molecule has 0 aromatic heterocycles. The molecule has 86 valence electrons. The highest BCUT2D eigenvalue weighted by Gasteiger charge is 2.33. The molecule has 1 aliphatic carbocycles. The Labute approximate surface area is 94.9 Å². The minimum atomic E-state index is -0.811. The van der Waals surface area contributed by atoms with Crippen LogP contribution in [0, 0.1) is 0 Å². The molecular formula is C12H16N2O2. The van der Waals surface area contributed by atoms with Crippen LogP contribution in [-0.2, 0) is 4.89 Å². The number of azo groups is 1. The Balaban J connectivity index is 2.09. The largest absolute Gasteiger partial charge is 0.249 e. The third-order valence-electron chi connectivity index (χ3n) is 2.91. The van der Waals surface area contributed by atoms with E-state index in [0.29, 0.717) is 0 Å². The molecule has 1 N–H and O–H groups in total. The molecule has 1 aliphatic rings. The van der Waals surface area contributed by atoms with Crippen LogP contribution in [0.5, 0.6) is 0 Å². The summed E-state index contributed by atoms with van der Waals surface area (Å²) in [6.07, 6.45) is 4.69. The molecule has 4 nitrogen and oxygen atoms in total. The molecule has 2 rings (SSSR count). The summed E-state index contributed by atoms with van der Waals surface area (Å²) in [5.41, 5.74) is -0.0295. The van der Waals surface area contributed by atoms with Crippen molar-refractivity contribution in [3.63, 3.8) is 0 Å². The molecule has 0 radical (unpaired) electrons. The molecule has 1 aromatic rings. The Kier molecular flexibility index (Phi) is 3.64. The summed E-state index contributed by atoms with van der Waals surface area (Å²) in [6.45, 7) is 0. The second kappa shape index (κ2) is 5.18. The van der Waals surface area contributed by atoms with E-state index < -0.39 is 5.72 Å². The first-order valence-electron chi connectivity index (χ1n) is 5.65. The molecule has 0 heterocycles. The normalized spacial score (nSPS) is 20.1.